The summed E-state index contributed by atoms with van der Waals surface area (Å²) in [5, 5.41) is 3.01. The maximum absolute atomic E-state index is 10.7. The number of nitroso groups, excluding NO2 is 1. The van der Waals surface area contributed by atoms with E-state index in [1.54, 1.807) is 0 Å². The molecule has 0 amide bonds. The zero-order valence-corrected chi connectivity index (χ0v) is 17.5. The number of rotatable bonds is 5. The van der Waals surface area contributed by atoms with E-state index >= 15 is 0 Å². The molecule has 1 aliphatic carbocycles. The predicted molar refractivity (Wildman–Crippen MR) is 113 cm³/mol. The van der Waals surface area contributed by atoms with Crippen LogP contribution in [-0.2, 0) is 17.4 Å². The van der Waals surface area contributed by atoms with Crippen LogP contribution in [0.5, 0.6) is 5.75 Å². The SMILES string of the molecule is CCOc1cc(CN=O)ccc1-c1cc2c(cc1C)C(C)(C)CCC2(C)C. The van der Waals surface area contributed by atoms with Gasteiger partial charge in [0.05, 0.1) is 6.61 Å². The third-order valence-electron chi connectivity index (χ3n) is 6.08. The molecule has 1 aliphatic rings. The van der Waals surface area contributed by atoms with E-state index in [0.717, 1.165) is 16.9 Å². The quantitative estimate of drug-likeness (QED) is 0.555. The average molecular weight is 366 g/mol. The lowest BCUT2D eigenvalue weighted by Crippen LogP contribution is -2.34. The van der Waals surface area contributed by atoms with Gasteiger partial charge < -0.3 is 4.74 Å². The smallest absolute Gasteiger partial charge is 0.127 e. The van der Waals surface area contributed by atoms with E-state index < -0.39 is 0 Å². The van der Waals surface area contributed by atoms with Gasteiger partial charge in [0.2, 0.25) is 0 Å². The molecule has 0 N–H and O–H groups in total. The van der Waals surface area contributed by atoms with Crippen molar-refractivity contribution in [2.45, 2.75) is 71.8 Å². The zero-order chi connectivity index (χ0) is 19.8. The molecule has 3 heteroatoms. The summed E-state index contributed by atoms with van der Waals surface area (Å²) in [4.78, 5) is 10.7. The number of aryl methyl sites for hydroxylation is 1. The summed E-state index contributed by atoms with van der Waals surface area (Å²) >= 11 is 0. The summed E-state index contributed by atoms with van der Waals surface area (Å²) < 4.78 is 5.93. The van der Waals surface area contributed by atoms with Crippen LogP contribution in [0, 0.1) is 11.8 Å². The standard InChI is InChI=1S/C24H31NO2/c1-7-27-22-13-17(15-25-26)8-9-18(22)19-14-21-20(12-16(19)2)23(3,4)10-11-24(21,5)6/h8-9,12-14H,7,10-11,15H2,1-6H3. The van der Waals surface area contributed by atoms with Crippen molar-refractivity contribution in [2.75, 3.05) is 6.61 Å². The highest BCUT2D eigenvalue weighted by Crippen LogP contribution is 2.48. The second kappa shape index (κ2) is 7.10. The summed E-state index contributed by atoms with van der Waals surface area (Å²) in [5.74, 6) is 0.828. The Morgan fingerprint density at radius 3 is 2.19 bits per heavy atom. The normalized spacial score (nSPS) is 17.3. The molecule has 0 bridgehead atoms. The average Bonchev–Trinajstić information content (AvgIpc) is 2.60. The number of nitrogens with zero attached hydrogens (tertiary/aromatic N) is 1. The first-order valence-electron chi connectivity index (χ1n) is 9.90. The van der Waals surface area contributed by atoms with Gasteiger partial charge in [-0.1, -0.05) is 51.1 Å². The van der Waals surface area contributed by atoms with Crippen LogP contribution in [0.3, 0.4) is 0 Å². The van der Waals surface area contributed by atoms with Crippen molar-refractivity contribution in [2.24, 2.45) is 5.18 Å². The van der Waals surface area contributed by atoms with Crippen LogP contribution in [0.15, 0.2) is 35.5 Å². The molecule has 0 fully saturated rings. The topological polar surface area (TPSA) is 38.7 Å². The van der Waals surface area contributed by atoms with Crippen LogP contribution >= 0.6 is 0 Å². The summed E-state index contributed by atoms with van der Waals surface area (Å²) in [5.41, 5.74) is 7.74. The predicted octanol–water partition coefficient (Wildman–Crippen LogP) is 6.68. The molecule has 0 spiro atoms. The van der Waals surface area contributed by atoms with Crippen LogP contribution in [-0.4, -0.2) is 6.61 Å². The Labute approximate surface area is 163 Å². The lowest BCUT2D eigenvalue weighted by molar-refractivity contribution is 0.331. The Balaban J connectivity index is 2.20. The van der Waals surface area contributed by atoms with Gasteiger partial charge in [0, 0.05) is 5.56 Å². The molecule has 0 unspecified atom stereocenters. The molecule has 0 radical (unpaired) electrons. The van der Waals surface area contributed by atoms with Gasteiger partial charge in [-0.2, -0.15) is 4.91 Å². The molecule has 3 nitrogen and oxygen atoms in total. The highest BCUT2D eigenvalue weighted by Gasteiger charge is 2.37. The molecule has 0 aliphatic heterocycles. The molecule has 0 saturated heterocycles. The minimum atomic E-state index is 0.167. The first-order valence-corrected chi connectivity index (χ1v) is 9.90. The molecular formula is C24H31NO2. The monoisotopic (exact) mass is 365 g/mol. The van der Waals surface area contributed by atoms with Gasteiger partial charge in [-0.3, -0.25) is 0 Å². The van der Waals surface area contributed by atoms with E-state index in [9.17, 15) is 4.91 Å². The summed E-state index contributed by atoms with van der Waals surface area (Å²) in [6.45, 7) is 14.3. The Bertz CT molecular complexity index is 865. The number of benzene rings is 2. The van der Waals surface area contributed by atoms with Crippen molar-refractivity contribution >= 4 is 0 Å². The fraction of sp³-hybridized carbons (Fsp3) is 0.500. The van der Waals surface area contributed by atoms with Crippen molar-refractivity contribution in [3.8, 4) is 16.9 Å². The number of fused-ring (bicyclic) bond motifs is 1. The molecule has 2 aromatic rings. The lowest BCUT2D eigenvalue weighted by Gasteiger charge is -2.42. The minimum absolute atomic E-state index is 0.167. The van der Waals surface area contributed by atoms with E-state index in [1.807, 2.05) is 19.1 Å². The van der Waals surface area contributed by atoms with E-state index in [1.165, 1.54) is 35.1 Å². The molecule has 2 aromatic carbocycles. The van der Waals surface area contributed by atoms with Gasteiger partial charge in [0.15, 0.2) is 0 Å². The van der Waals surface area contributed by atoms with Crippen LogP contribution in [0.25, 0.3) is 11.1 Å². The second-order valence-electron chi connectivity index (χ2n) is 9.03. The van der Waals surface area contributed by atoms with Crippen molar-refractivity contribution in [3.63, 3.8) is 0 Å². The van der Waals surface area contributed by atoms with Gasteiger partial charge >= 0.3 is 0 Å². The van der Waals surface area contributed by atoms with Crippen LogP contribution < -0.4 is 4.74 Å². The van der Waals surface area contributed by atoms with E-state index in [4.69, 9.17) is 4.74 Å². The maximum atomic E-state index is 10.7. The van der Waals surface area contributed by atoms with Gasteiger partial charge in [-0.25, -0.2) is 0 Å². The molecule has 144 valence electrons. The lowest BCUT2D eigenvalue weighted by atomic mass is 9.62. The summed E-state index contributed by atoms with van der Waals surface area (Å²) in [7, 11) is 0. The Kier molecular flexibility index (Phi) is 5.16. The Morgan fingerprint density at radius 1 is 0.963 bits per heavy atom. The molecule has 27 heavy (non-hydrogen) atoms. The molecule has 0 atom stereocenters. The zero-order valence-electron chi connectivity index (χ0n) is 17.5. The first-order chi connectivity index (χ1) is 12.7. The van der Waals surface area contributed by atoms with Crippen molar-refractivity contribution in [1.29, 1.82) is 0 Å². The van der Waals surface area contributed by atoms with Gasteiger partial charge in [0.25, 0.3) is 0 Å². The Hall–Kier alpha value is -2.16. The van der Waals surface area contributed by atoms with Gasteiger partial charge in [-0.05, 0) is 77.5 Å². The fourth-order valence-electron chi connectivity index (χ4n) is 4.25. The molecular weight excluding hydrogens is 334 g/mol. The minimum Gasteiger partial charge on any atom is -0.493 e. The third kappa shape index (κ3) is 3.65. The fourth-order valence-corrected chi connectivity index (χ4v) is 4.25. The second-order valence-corrected chi connectivity index (χ2v) is 9.03. The summed E-state index contributed by atoms with van der Waals surface area (Å²) in [6.07, 6.45) is 2.40. The van der Waals surface area contributed by atoms with Crippen molar-refractivity contribution in [3.05, 3.63) is 57.5 Å². The first kappa shape index (κ1) is 19.6. The van der Waals surface area contributed by atoms with Crippen molar-refractivity contribution < 1.29 is 4.74 Å². The van der Waals surface area contributed by atoms with Crippen LogP contribution in [0.2, 0.25) is 0 Å². The van der Waals surface area contributed by atoms with Crippen LogP contribution in [0.4, 0.5) is 0 Å². The van der Waals surface area contributed by atoms with E-state index in [2.05, 4.69) is 58.0 Å². The number of hydrogen-bond acceptors (Lipinski definition) is 3. The maximum Gasteiger partial charge on any atom is 0.127 e. The van der Waals surface area contributed by atoms with E-state index in [-0.39, 0.29) is 17.4 Å². The molecule has 3 rings (SSSR count). The molecule has 0 saturated carbocycles. The highest BCUT2D eigenvalue weighted by molar-refractivity contribution is 5.75. The Morgan fingerprint density at radius 2 is 1.59 bits per heavy atom. The largest absolute Gasteiger partial charge is 0.493 e. The number of hydrogen-bond donors (Lipinski definition) is 0. The van der Waals surface area contributed by atoms with Gasteiger partial charge in [-0.15, -0.1) is 0 Å². The van der Waals surface area contributed by atoms with Crippen LogP contribution in [0.1, 0.15) is 69.7 Å². The third-order valence-corrected chi connectivity index (χ3v) is 6.08. The number of ether oxygens (including phenoxy) is 1. The molecule has 0 heterocycles. The molecule has 0 aromatic heterocycles. The van der Waals surface area contributed by atoms with Gasteiger partial charge in [0.1, 0.15) is 12.3 Å². The highest BCUT2D eigenvalue weighted by atomic mass is 16.5. The van der Waals surface area contributed by atoms with E-state index in [0.29, 0.717) is 6.61 Å². The summed E-state index contributed by atoms with van der Waals surface area (Å²) in [6, 6.07) is 10.8. The van der Waals surface area contributed by atoms with Crippen molar-refractivity contribution in [1.82, 2.24) is 0 Å².